The molecule has 3 heterocycles. The normalized spacial score (nSPS) is 24.9. The Morgan fingerprint density at radius 3 is 2.53 bits per heavy atom. The van der Waals surface area contributed by atoms with Gasteiger partial charge in [0.15, 0.2) is 11.7 Å². The zero-order valence-corrected chi connectivity index (χ0v) is 19.4. The van der Waals surface area contributed by atoms with E-state index in [0.717, 1.165) is 5.56 Å². The SMILES string of the molecule is O=P(O)(O)CP(=O)(O)OC[C@H]1O[C@@H](c2ncc3c(NCc4ccccc4)nccn23)[C@H](O)[C@@H]1O. The van der Waals surface area contributed by atoms with Gasteiger partial charge in [0.2, 0.25) is 0 Å². The molecule has 1 aliphatic rings. The molecule has 5 atom stereocenters. The fraction of sp³-hybridized carbons (Fsp3) is 0.368. The van der Waals surface area contributed by atoms with Crippen LogP contribution in [-0.4, -0.2) is 70.1 Å². The number of aliphatic hydroxyl groups excluding tert-OH is 2. The molecule has 15 heteroatoms. The van der Waals surface area contributed by atoms with E-state index in [-0.39, 0.29) is 5.82 Å². The predicted octanol–water partition coefficient (Wildman–Crippen LogP) is 0.840. The second-order valence-electron chi connectivity index (χ2n) is 7.80. The highest BCUT2D eigenvalue weighted by Gasteiger charge is 2.46. The van der Waals surface area contributed by atoms with E-state index in [1.807, 2.05) is 30.3 Å². The van der Waals surface area contributed by atoms with Crippen LogP contribution in [0.4, 0.5) is 5.82 Å². The summed E-state index contributed by atoms with van der Waals surface area (Å²) in [5.74, 6) is -0.570. The number of fused-ring (bicyclic) bond motifs is 1. The fourth-order valence-corrected chi connectivity index (χ4v) is 6.21. The molecule has 1 fully saturated rings. The van der Waals surface area contributed by atoms with Crippen molar-refractivity contribution in [3.63, 3.8) is 0 Å². The van der Waals surface area contributed by atoms with E-state index < -0.39 is 52.1 Å². The zero-order valence-electron chi connectivity index (χ0n) is 17.7. The minimum Gasteiger partial charge on any atom is -0.387 e. The first-order chi connectivity index (χ1) is 16.0. The number of aliphatic hydroxyl groups is 2. The molecule has 4 rings (SSSR count). The predicted molar refractivity (Wildman–Crippen MR) is 119 cm³/mol. The standard InChI is InChI=1S/C19H24N4O9P2/c24-15-14(10-31-34(29,30)11-33(26,27)28)32-17(16(15)25)19-22-9-13-18(20-6-7-23(13)19)21-8-12-4-2-1-3-5-12/h1-7,9,14-17,24-25H,8,10-11H2,(H,20,21)(H,29,30)(H2,26,27,28)/t14-,15-,16-,17-/m1/s1. The third kappa shape index (κ3) is 5.72. The van der Waals surface area contributed by atoms with Gasteiger partial charge in [-0.25, -0.2) is 9.97 Å². The number of aromatic nitrogens is 3. The Kier molecular flexibility index (Phi) is 7.20. The van der Waals surface area contributed by atoms with Crippen LogP contribution in [-0.2, 0) is 24.9 Å². The molecule has 0 amide bonds. The third-order valence-corrected chi connectivity index (χ3v) is 8.67. The van der Waals surface area contributed by atoms with E-state index in [9.17, 15) is 24.2 Å². The van der Waals surface area contributed by atoms with Gasteiger partial charge < -0.3 is 39.5 Å². The number of ether oxygens (including phenoxy) is 1. The molecule has 1 unspecified atom stereocenters. The maximum atomic E-state index is 11.9. The van der Waals surface area contributed by atoms with E-state index in [1.165, 1.54) is 12.4 Å². The maximum Gasteiger partial charge on any atom is 0.340 e. The van der Waals surface area contributed by atoms with Crippen LogP contribution in [0.25, 0.3) is 5.52 Å². The lowest BCUT2D eigenvalue weighted by Crippen LogP contribution is -2.33. The first-order valence-electron chi connectivity index (χ1n) is 10.2. The van der Waals surface area contributed by atoms with Crippen LogP contribution in [0.1, 0.15) is 17.5 Å². The summed E-state index contributed by atoms with van der Waals surface area (Å²) in [5.41, 5.74) is 1.64. The van der Waals surface area contributed by atoms with Crippen molar-refractivity contribution in [1.29, 1.82) is 0 Å². The average Bonchev–Trinajstić information content (AvgIpc) is 3.32. The number of nitrogens with zero attached hydrogens (tertiary/aromatic N) is 3. The summed E-state index contributed by atoms with van der Waals surface area (Å²) < 4.78 is 34.9. The molecule has 34 heavy (non-hydrogen) atoms. The van der Waals surface area contributed by atoms with Gasteiger partial charge in [-0.1, -0.05) is 30.3 Å². The smallest absolute Gasteiger partial charge is 0.340 e. The quantitative estimate of drug-likeness (QED) is 0.221. The van der Waals surface area contributed by atoms with Crippen molar-refractivity contribution in [1.82, 2.24) is 14.4 Å². The van der Waals surface area contributed by atoms with Gasteiger partial charge in [-0.3, -0.25) is 13.5 Å². The van der Waals surface area contributed by atoms with Crippen molar-refractivity contribution in [2.24, 2.45) is 0 Å². The van der Waals surface area contributed by atoms with Crippen molar-refractivity contribution >= 4 is 26.5 Å². The zero-order chi connectivity index (χ0) is 24.5. The Hall–Kier alpha value is -2.18. The summed E-state index contributed by atoms with van der Waals surface area (Å²) in [7, 11) is -9.45. The summed E-state index contributed by atoms with van der Waals surface area (Å²) >= 11 is 0. The molecule has 6 N–H and O–H groups in total. The van der Waals surface area contributed by atoms with Gasteiger partial charge in [-0.15, -0.1) is 0 Å². The van der Waals surface area contributed by atoms with Crippen molar-refractivity contribution in [2.75, 3.05) is 17.8 Å². The van der Waals surface area contributed by atoms with Crippen molar-refractivity contribution in [3.8, 4) is 0 Å². The van der Waals surface area contributed by atoms with Gasteiger partial charge in [0.1, 0.15) is 35.8 Å². The third-order valence-electron chi connectivity index (χ3n) is 5.21. The fourth-order valence-electron chi connectivity index (χ4n) is 3.64. The Morgan fingerprint density at radius 1 is 1.09 bits per heavy atom. The second-order valence-corrected chi connectivity index (χ2v) is 11.8. The largest absolute Gasteiger partial charge is 0.387 e. The van der Waals surface area contributed by atoms with Gasteiger partial charge in [0.25, 0.3) is 0 Å². The molecular formula is C19H24N4O9P2. The van der Waals surface area contributed by atoms with Gasteiger partial charge in [-0.2, -0.15) is 0 Å². The van der Waals surface area contributed by atoms with Gasteiger partial charge in [0.05, 0.1) is 12.8 Å². The van der Waals surface area contributed by atoms with Gasteiger partial charge in [0, 0.05) is 18.9 Å². The topological polar surface area (TPSA) is 196 Å². The molecule has 1 aromatic carbocycles. The molecule has 0 spiro atoms. The molecule has 0 bridgehead atoms. The lowest BCUT2D eigenvalue weighted by Gasteiger charge is -2.18. The second kappa shape index (κ2) is 9.82. The lowest BCUT2D eigenvalue weighted by atomic mass is 10.1. The number of hydrogen-bond donors (Lipinski definition) is 6. The number of benzene rings is 1. The number of hydrogen-bond acceptors (Lipinski definition) is 9. The van der Waals surface area contributed by atoms with E-state index in [1.54, 1.807) is 10.6 Å². The summed E-state index contributed by atoms with van der Waals surface area (Å²) in [4.78, 5) is 36.0. The van der Waals surface area contributed by atoms with Crippen LogP contribution in [0.2, 0.25) is 0 Å². The Bertz CT molecular complexity index is 1230. The van der Waals surface area contributed by atoms with Crippen LogP contribution in [0.3, 0.4) is 0 Å². The molecular weight excluding hydrogens is 490 g/mol. The number of rotatable bonds is 9. The van der Waals surface area contributed by atoms with Gasteiger partial charge in [-0.05, 0) is 5.56 Å². The molecule has 13 nitrogen and oxygen atoms in total. The first-order valence-corrected chi connectivity index (χ1v) is 13.7. The number of anilines is 1. The minimum absolute atomic E-state index is 0.261. The van der Waals surface area contributed by atoms with Gasteiger partial charge >= 0.3 is 15.2 Å². The molecule has 1 aliphatic heterocycles. The Morgan fingerprint density at radius 2 is 1.82 bits per heavy atom. The molecule has 3 aromatic rings. The highest BCUT2D eigenvalue weighted by molar-refractivity contribution is 7.70. The average molecular weight is 514 g/mol. The minimum atomic E-state index is -4.80. The molecule has 0 aliphatic carbocycles. The molecule has 0 radical (unpaired) electrons. The summed E-state index contributed by atoms with van der Waals surface area (Å²) in [6, 6.07) is 9.70. The molecule has 2 aromatic heterocycles. The van der Waals surface area contributed by atoms with Crippen LogP contribution >= 0.6 is 15.2 Å². The van der Waals surface area contributed by atoms with Crippen molar-refractivity contribution in [2.45, 2.75) is 31.0 Å². The van der Waals surface area contributed by atoms with Crippen molar-refractivity contribution < 1.29 is 43.3 Å². The van der Waals surface area contributed by atoms with Crippen LogP contribution in [0.15, 0.2) is 48.9 Å². The summed E-state index contributed by atoms with van der Waals surface area (Å²) in [6.45, 7) is -0.151. The van der Waals surface area contributed by atoms with E-state index in [2.05, 4.69) is 15.3 Å². The number of nitrogens with one attached hydrogen (secondary N) is 1. The highest BCUT2D eigenvalue weighted by Crippen LogP contribution is 2.55. The van der Waals surface area contributed by atoms with Crippen molar-refractivity contribution in [3.05, 3.63) is 60.3 Å². The van der Waals surface area contributed by atoms with Crippen LogP contribution in [0, 0.1) is 0 Å². The van der Waals surface area contributed by atoms with E-state index >= 15 is 0 Å². The monoisotopic (exact) mass is 514 g/mol. The number of imidazole rings is 1. The first kappa shape index (κ1) is 24.9. The highest BCUT2D eigenvalue weighted by atomic mass is 31.2. The molecule has 0 saturated carbocycles. The Labute approximate surface area is 193 Å². The van der Waals surface area contributed by atoms with Crippen LogP contribution < -0.4 is 5.32 Å². The molecule has 184 valence electrons. The lowest BCUT2D eigenvalue weighted by molar-refractivity contribution is -0.0214. The Balaban J connectivity index is 1.48. The summed E-state index contributed by atoms with van der Waals surface area (Å²) in [6.07, 6.45) is -0.590. The van der Waals surface area contributed by atoms with E-state index in [4.69, 9.17) is 19.0 Å². The molecule has 1 saturated heterocycles. The maximum absolute atomic E-state index is 11.9. The summed E-state index contributed by atoms with van der Waals surface area (Å²) in [5, 5.41) is 24.1. The van der Waals surface area contributed by atoms with E-state index in [0.29, 0.717) is 17.9 Å². The van der Waals surface area contributed by atoms with Crippen LogP contribution in [0.5, 0.6) is 0 Å².